The summed E-state index contributed by atoms with van der Waals surface area (Å²) in [5, 5.41) is 15.3. The van der Waals surface area contributed by atoms with E-state index in [9.17, 15) is 36.2 Å². The van der Waals surface area contributed by atoms with Crippen molar-refractivity contribution >= 4 is 11.7 Å². The summed E-state index contributed by atoms with van der Waals surface area (Å²) < 4.78 is 80.2. The Hall–Kier alpha value is -1.75. The first-order valence-corrected chi connectivity index (χ1v) is 13.9. The van der Waals surface area contributed by atoms with Crippen molar-refractivity contribution in [1.82, 2.24) is 4.90 Å². The fraction of sp³-hybridized carbons (Fsp3) is 0.567. The van der Waals surface area contributed by atoms with Crippen molar-refractivity contribution in [3.8, 4) is 0 Å². The first-order valence-electron chi connectivity index (χ1n) is 13.9. The number of aliphatic carboxylic acids is 1. The van der Waals surface area contributed by atoms with Crippen LogP contribution in [0.2, 0.25) is 0 Å². The van der Waals surface area contributed by atoms with E-state index in [2.05, 4.69) is 17.4 Å². The number of rotatable bonds is 7. The van der Waals surface area contributed by atoms with Crippen LogP contribution in [0.1, 0.15) is 72.8 Å². The number of carbonyl (C=O) groups is 1. The minimum atomic E-state index is -4.73. The van der Waals surface area contributed by atoms with Crippen LogP contribution < -0.4 is 40.0 Å². The van der Waals surface area contributed by atoms with Gasteiger partial charge in [-0.3, -0.25) is 4.90 Å². The van der Waals surface area contributed by atoms with E-state index >= 15 is 0 Å². The third kappa shape index (κ3) is 7.43. The molecule has 2 aromatic carbocycles. The molecule has 1 saturated carbocycles. The molecular weight excluding hydrogens is 557 g/mol. The zero-order valence-corrected chi connectivity index (χ0v) is 25.2. The molecule has 4 nitrogen and oxygen atoms in total. The summed E-state index contributed by atoms with van der Waals surface area (Å²) in [5.74, 6) is -1.08. The number of hydrogen-bond acceptors (Lipinski definition) is 4. The van der Waals surface area contributed by atoms with Crippen molar-refractivity contribution in [3.05, 3.63) is 64.2 Å². The van der Waals surface area contributed by atoms with Gasteiger partial charge in [0.1, 0.15) is 0 Å². The Morgan fingerprint density at radius 2 is 1.66 bits per heavy atom. The minimum absolute atomic E-state index is 0. The van der Waals surface area contributed by atoms with Gasteiger partial charge < -0.3 is 15.2 Å². The van der Waals surface area contributed by atoms with E-state index in [-0.39, 0.29) is 59.5 Å². The zero-order valence-electron chi connectivity index (χ0n) is 23.2. The molecule has 5 rings (SSSR count). The number of carboxylic acids is 1. The molecule has 0 aromatic heterocycles. The Labute approximate surface area is 258 Å². The molecule has 2 heterocycles. The normalized spacial score (nSPS) is 21.8. The molecule has 0 radical (unpaired) electrons. The summed E-state index contributed by atoms with van der Waals surface area (Å²) in [4.78, 5) is 13.4. The Morgan fingerprint density at radius 1 is 0.976 bits per heavy atom. The van der Waals surface area contributed by atoms with Gasteiger partial charge >= 0.3 is 41.9 Å². The Morgan fingerprint density at radius 3 is 2.24 bits per heavy atom. The predicted octanol–water partition coefficient (Wildman–Crippen LogP) is 3.25. The Balaban J connectivity index is 0.00000387. The van der Waals surface area contributed by atoms with Gasteiger partial charge in [0.2, 0.25) is 0 Å². The standard InChI is InChI=1S/C30H34F6N2O2.Na/c1-17(28(39)40)27(20-3-4-20)21-5-2-18-6-9-25(37-26(18)15-21)19-10-12-38(13-11-19)16-22-14-23(29(31,32)33)7-8-24(22)30(34,35)36;/h2,5,7-8,14-15,17,19-20,25,27,37H,3-4,6,9-13,16H2,1H3,(H,39,40);/q;+1/p-1/t17-,25+,27-;/m0./s1. The average molecular weight is 591 g/mol. The van der Waals surface area contributed by atoms with Gasteiger partial charge in [0.25, 0.3) is 0 Å². The number of halogens is 6. The third-order valence-corrected chi connectivity index (χ3v) is 8.96. The van der Waals surface area contributed by atoms with E-state index in [1.165, 1.54) is 5.56 Å². The van der Waals surface area contributed by atoms with E-state index in [0.717, 1.165) is 49.8 Å². The summed E-state index contributed by atoms with van der Waals surface area (Å²) in [6, 6.07) is 7.99. The molecular formula is C30H33F6N2NaO2. The number of aryl methyl sites for hydroxylation is 1. The van der Waals surface area contributed by atoms with Crippen LogP contribution in [0, 0.1) is 17.8 Å². The van der Waals surface area contributed by atoms with Gasteiger partial charge in [0, 0.05) is 30.2 Å². The number of fused-ring (bicyclic) bond motifs is 1. The summed E-state index contributed by atoms with van der Waals surface area (Å²) in [5.41, 5.74) is 0.731. The van der Waals surface area contributed by atoms with E-state index in [4.69, 9.17) is 0 Å². The third-order valence-electron chi connectivity index (χ3n) is 8.96. The minimum Gasteiger partial charge on any atom is -0.550 e. The molecule has 218 valence electrons. The summed E-state index contributed by atoms with van der Waals surface area (Å²) in [6.07, 6.45) is -4.19. The van der Waals surface area contributed by atoms with Crippen LogP contribution >= 0.6 is 0 Å². The number of nitrogens with zero attached hydrogens (tertiary/aromatic N) is 1. The smallest absolute Gasteiger partial charge is 0.550 e. The second kappa shape index (κ2) is 12.5. The van der Waals surface area contributed by atoms with E-state index in [0.29, 0.717) is 37.2 Å². The van der Waals surface area contributed by atoms with E-state index < -0.39 is 35.4 Å². The van der Waals surface area contributed by atoms with Gasteiger partial charge in [-0.2, -0.15) is 26.3 Å². The van der Waals surface area contributed by atoms with Crippen LogP contribution in [-0.4, -0.2) is 30.0 Å². The number of alkyl halides is 6. The number of hydrogen-bond donors (Lipinski definition) is 1. The molecule has 1 N–H and O–H groups in total. The van der Waals surface area contributed by atoms with E-state index in [1.807, 2.05) is 6.07 Å². The Bertz CT molecular complexity index is 1240. The number of anilines is 1. The quantitative estimate of drug-likeness (QED) is 0.398. The van der Waals surface area contributed by atoms with Crippen LogP contribution in [0.4, 0.5) is 32.0 Å². The maximum Gasteiger partial charge on any atom is 1.00 e. The van der Waals surface area contributed by atoms with Gasteiger partial charge in [-0.1, -0.05) is 19.1 Å². The molecule has 2 aliphatic heterocycles. The first kappa shape index (κ1) is 32.2. The number of carboxylic acid groups (broad SMARTS) is 1. The number of benzene rings is 2. The first-order chi connectivity index (χ1) is 18.8. The van der Waals surface area contributed by atoms with Crippen molar-refractivity contribution in [2.24, 2.45) is 17.8 Å². The molecule has 41 heavy (non-hydrogen) atoms. The van der Waals surface area contributed by atoms with Gasteiger partial charge in [-0.25, -0.2) is 0 Å². The number of nitrogens with one attached hydrogen (secondary N) is 1. The molecule has 3 atom stereocenters. The molecule has 2 aromatic rings. The summed E-state index contributed by atoms with van der Waals surface area (Å²) in [6.45, 7) is 2.51. The number of piperidine rings is 1. The second-order valence-corrected chi connectivity index (χ2v) is 11.7. The summed E-state index contributed by atoms with van der Waals surface area (Å²) >= 11 is 0. The van der Waals surface area contributed by atoms with Crippen LogP contribution in [0.5, 0.6) is 0 Å². The molecule has 0 bridgehead atoms. The van der Waals surface area contributed by atoms with Crippen LogP contribution in [-0.2, 0) is 30.1 Å². The molecule has 1 aliphatic carbocycles. The molecule has 0 amide bonds. The van der Waals surface area contributed by atoms with Crippen LogP contribution in [0.3, 0.4) is 0 Å². The summed E-state index contributed by atoms with van der Waals surface area (Å²) in [7, 11) is 0. The zero-order chi connectivity index (χ0) is 28.8. The molecule has 0 spiro atoms. The molecule has 11 heteroatoms. The van der Waals surface area contributed by atoms with Gasteiger partial charge in [0.05, 0.1) is 11.1 Å². The Kier molecular flexibility index (Phi) is 9.78. The number of likely N-dealkylation sites (tertiary alicyclic amines) is 1. The SMILES string of the molecule is C[C@H](C(=O)[O-])[C@H](c1ccc2c(c1)N[C@@H](C1CCN(Cc3cc(C(F)(F)F)ccc3C(F)(F)F)CC1)CC2)C1CC1.[Na+]. The topological polar surface area (TPSA) is 55.4 Å². The van der Waals surface area contributed by atoms with Crippen LogP contribution in [0.15, 0.2) is 36.4 Å². The molecule has 0 unspecified atom stereocenters. The van der Waals surface area contributed by atoms with Crippen LogP contribution in [0.25, 0.3) is 0 Å². The van der Waals surface area contributed by atoms with Crippen molar-refractivity contribution in [2.45, 2.75) is 76.3 Å². The van der Waals surface area contributed by atoms with Crippen molar-refractivity contribution < 1.29 is 65.8 Å². The fourth-order valence-electron chi connectivity index (χ4n) is 6.59. The molecule has 3 aliphatic rings. The largest absolute Gasteiger partial charge is 1.00 e. The number of carbonyl (C=O) groups excluding carboxylic acids is 1. The molecule has 1 saturated heterocycles. The molecule has 2 fully saturated rings. The van der Waals surface area contributed by atoms with Crippen molar-refractivity contribution in [2.75, 3.05) is 18.4 Å². The van der Waals surface area contributed by atoms with Gasteiger partial charge in [-0.05, 0) is 110 Å². The second-order valence-electron chi connectivity index (χ2n) is 11.7. The fourth-order valence-corrected chi connectivity index (χ4v) is 6.59. The van der Waals surface area contributed by atoms with Gasteiger partial charge in [-0.15, -0.1) is 0 Å². The van der Waals surface area contributed by atoms with E-state index in [1.54, 1.807) is 11.8 Å². The predicted molar refractivity (Wildman–Crippen MR) is 136 cm³/mol. The maximum absolute atomic E-state index is 13.5. The van der Waals surface area contributed by atoms with Gasteiger partial charge in [0.15, 0.2) is 0 Å². The maximum atomic E-state index is 13.5. The average Bonchev–Trinajstić information content (AvgIpc) is 3.73. The van der Waals surface area contributed by atoms with Crippen molar-refractivity contribution in [3.63, 3.8) is 0 Å². The van der Waals surface area contributed by atoms with Crippen molar-refractivity contribution in [1.29, 1.82) is 0 Å². The monoisotopic (exact) mass is 590 g/mol.